The highest BCUT2D eigenvalue weighted by molar-refractivity contribution is 9.12. The summed E-state index contributed by atoms with van der Waals surface area (Å²) in [5, 5.41) is 0. The Morgan fingerprint density at radius 2 is 1.86 bits per heavy atom. The number of carbonyl (C=O) groups is 2. The minimum Gasteiger partial charge on any atom is -0.299 e. The van der Waals surface area contributed by atoms with Crippen LogP contribution >= 0.6 is 15.9 Å². The van der Waals surface area contributed by atoms with Crippen molar-refractivity contribution in [3.8, 4) is 0 Å². The molecule has 0 saturated heterocycles. The highest BCUT2D eigenvalue weighted by atomic mass is 79.9. The fraction of sp³-hybridized carbons (Fsp3) is 0.684. The zero-order valence-corrected chi connectivity index (χ0v) is 14.9. The number of Topliss-reactive ketones (excluding diaryl/α,β-unsaturated/α-hetero) is 1. The molecule has 0 aromatic heterocycles. The topological polar surface area (TPSA) is 34.1 Å². The molecule has 4 rings (SSSR count). The van der Waals surface area contributed by atoms with Gasteiger partial charge in [-0.15, -0.1) is 0 Å². The van der Waals surface area contributed by atoms with E-state index in [0.29, 0.717) is 23.5 Å². The number of rotatable bonds is 0. The molecule has 0 aromatic carbocycles. The van der Waals surface area contributed by atoms with E-state index in [1.165, 1.54) is 5.57 Å². The highest BCUT2D eigenvalue weighted by Crippen LogP contribution is 2.63. The van der Waals surface area contributed by atoms with Gasteiger partial charge in [-0.1, -0.05) is 25.5 Å². The summed E-state index contributed by atoms with van der Waals surface area (Å²) in [6.07, 6.45) is 10.2. The first-order valence-corrected chi connectivity index (χ1v) is 9.32. The molecule has 0 amide bonds. The van der Waals surface area contributed by atoms with Crippen molar-refractivity contribution in [3.05, 3.63) is 22.2 Å². The second-order valence-electron chi connectivity index (χ2n) is 8.14. The number of ketones is 2. The summed E-state index contributed by atoms with van der Waals surface area (Å²) in [6, 6.07) is 0. The minimum atomic E-state index is -0.0653. The van der Waals surface area contributed by atoms with Crippen LogP contribution in [0.5, 0.6) is 0 Å². The molecular weight excluding hydrogens is 340 g/mol. The van der Waals surface area contributed by atoms with Crippen LogP contribution in [0.25, 0.3) is 0 Å². The van der Waals surface area contributed by atoms with Crippen molar-refractivity contribution in [1.82, 2.24) is 0 Å². The van der Waals surface area contributed by atoms with Crippen molar-refractivity contribution >= 4 is 27.5 Å². The van der Waals surface area contributed by atoms with Crippen molar-refractivity contribution in [2.24, 2.45) is 28.6 Å². The van der Waals surface area contributed by atoms with Crippen LogP contribution in [0.4, 0.5) is 0 Å². The first-order chi connectivity index (χ1) is 10.4. The van der Waals surface area contributed by atoms with Gasteiger partial charge in [0.2, 0.25) is 0 Å². The number of hydrogen-bond acceptors (Lipinski definition) is 2. The Hall–Kier alpha value is -0.700. The number of carbonyl (C=O) groups excluding carboxylic acids is 2. The van der Waals surface area contributed by atoms with Crippen LogP contribution in [0.3, 0.4) is 0 Å². The fourth-order valence-electron chi connectivity index (χ4n) is 6.02. The first kappa shape index (κ1) is 14.9. The molecule has 3 fully saturated rings. The smallest absolute Gasteiger partial charge is 0.192 e. The van der Waals surface area contributed by atoms with Crippen molar-refractivity contribution in [2.45, 2.75) is 52.4 Å². The van der Waals surface area contributed by atoms with Gasteiger partial charge in [-0.2, -0.15) is 0 Å². The molecule has 0 spiro atoms. The van der Waals surface area contributed by atoms with Crippen molar-refractivity contribution < 1.29 is 9.59 Å². The van der Waals surface area contributed by atoms with E-state index >= 15 is 0 Å². The van der Waals surface area contributed by atoms with Gasteiger partial charge in [-0.25, -0.2) is 0 Å². The molecule has 3 heteroatoms. The van der Waals surface area contributed by atoms with Gasteiger partial charge in [0.25, 0.3) is 0 Å². The van der Waals surface area contributed by atoms with E-state index in [1.807, 2.05) is 6.08 Å². The van der Waals surface area contributed by atoms with Gasteiger partial charge >= 0.3 is 0 Å². The van der Waals surface area contributed by atoms with Crippen molar-refractivity contribution in [3.63, 3.8) is 0 Å². The van der Waals surface area contributed by atoms with Gasteiger partial charge in [0.05, 0.1) is 4.48 Å². The Labute approximate surface area is 140 Å². The molecule has 118 valence electrons. The minimum absolute atomic E-state index is 0.00261. The Bertz CT molecular complexity index is 631. The van der Waals surface area contributed by atoms with Crippen LogP contribution in [0, 0.1) is 28.6 Å². The summed E-state index contributed by atoms with van der Waals surface area (Å²) in [6.45, 7) is 4.52. The molecule has 0 bridgehead atoms. The lowest BCUT2D eigenvalue weighted by atomic mass is 9.48. The van der Waals surface area contributed by atoms with E-state index in [1.54, 1.807) is 0 Å². The second kappa shape index (κ2) is 4.66. The third-order valence-corrected chi connectivity index (χ3v) is 7.94. The van der Waals surface area contributed by atoms with E-state index in [2.05, 4.69) is 35.9 Å². The van der Waals surface area contributed by atoms with E-state index in [4.69, 9.17) is 0 Å². The Morgan fingerprint density at radius 1 is 1.09 bits per heavy atom. The van der Waals surface area contributed by atoms with Gasteiger partial charge < -0.3 is 0 Å². The van der Waals surface area contributed by atoms with Crippen LogP contribution in [0.1, 0.15) is 52.4 Å². The Morgan fingerprint density at radius 3 is 2.64 bits per heavy atom. The summed E-state index contributed by atoms with van der Waals surface area (Å²) in [4.78, 5) is 24.4. The predicted octanol–water partition coefficient (Wildman–Crippen LogP) is 4.59. The molecule has 22 heavy (non-hydrogen) atoms. The number of allylic oxidation sites excluding steroid dienone is 4. The standard InChI is InChI=1S/C19H23BrO2/c1-18-8-7-14-12(13(18)5-6-17(18)22)4-3-11-9-16(21)15(20)10-19(11,14)2/h9-10,12-14H,3-8H2,1-2H3/t12-,13-,14-,18-,19-/m0/s1. The lowest BCUT2D eigenvalue weighted by molar-refractivity contribution is -0.131. The van der Waals surface area contributed by atoms with Gasteiger partial charge in [-0.05, 0) is 71.9 Å². The lowest BCUT2D eigenvalue weighted by Crippen LogP contribution is -2.49. The molecule has 3 saturated carbocycles. The van der Waals surface area contributed by atoms with E-state index in [-0.39, 0.29) is 16.6 Å². The number of fused-ring (bicyclic) bond motifs is 5. The molecular formula is C19H23BrO2. The monoisotopic (exact) mass is 362 g/mol. The van der Waals surface area contributed by atoms with Gasteiger partial charge in [0, 0.05) is 17.3 Å². The third-order valence-electron chi connectivity index (χ3n) is 7.32. The first-order valence-electron chi connectivity index (χ1n) is 8.53. The predicted molar refractivity (Wildman–Crippen MR) is 89.5 cm³/mol. The molecule has 4 aliphatic rings. The maximum absolute atomic E-state index is 12.4. The average molecular weight is 363 g/mol. The summed E-state index contributed by atoms with van der Waals surface area (Å²) in [7, 11) is 0. The summed E-state index contributed by atoms with van der Waals surface area (Å²) < 4.78 is 0.718. The normalized spacial score (nSPS) is 47.3. The van der Waals surface area contributed by atoms with Gasteiger partial charge in [-0.3, -0.25) is 9.59 Å². The number of hydrogen-bond donors (Lipinski definition) is 0. The fourth-order valence-corrected chi connectivity index (χ4v) is 6.61. The molecule has 0 N–H and O–H groups in total. The maximum Gasteiger partial charge on any atom is 0.192 e. The largest absolute Gasteiger partial charge is 0.299 e. The lowest BCUT2D eigenvalue weighted by Gasteiger charge is -2.55. The molecule has 0 radical (unpaired) electrons. The highest BCUT2D eigenvalue weighted by Gasteiger charge is 2.58. The third kappa shape index (κ3) is 1.78. The molecule has 2 nitrogen and oxygen atoms in total. The molecule has 5 atom stereocenters. The quantitative estimate of drug-likeness (QED) is 0.631. The Balaban J connectivity index is 1.74. The molecule has 0 aromatic rings. The van der Waals surface area contributed by atoms with Crippen LogP contribution in [-0.4, -0.2) is 11.6 Å². The summed E-state index contributed by atoms with van der Waals surface area (Å²) in [5.41, 5.74) is 1.25. The molecule has 0 heterocycles. The van der Waals surface area contributed by atoms with Crippen LogP contribution < -0.4 is 0 Å². The molecule has 0 aliphatic heterocycles. The van der Waals surface area contributed by atoms with Crippen LogP contribution in [-0.2, 0) is 9.59 Å². The van der Waals surface area contributed by atoms with Crippen LogP contribution in [0.15, 0.2) is 22.2 Å². The van der Waals surface area contributed by atoms with E-state index < -0.39 is 0 Å². The van der Waals surface area contributed by atoms with E-state index in [9.17, 15) is 9.59 Å². The summed E-state index contributed by atoms with van der Waals surface area (Å²) >= 11 is 3.46. The van der Waals surface area contributed by atoms with Crippen molar-refractivity contribution in [2.75, 3.05) is 0 Å². The number of halogens is 1. The SMILES string of the molecule is C[C@]12C=C(Br)C(=O)C=C1CC[C@@H]1[C@@H]2CC[C@]2(C)C(=O)CC[C@@H]12. The van der Waals surface area contributed by atoms with Gasteiger partial charge in [0.15, 0.2) is 5.78 Å². The average Bonchev–Trinajstić information content (AvgIpc) is 2.77. The van der Waals surface area contributed by atoms with Crippen LogP contribution in [0.2, 0.25) is 0 Å². The molecule has 0 unspecified atom stereocenters. The zero-order chi connectivity index (χ0) is 15.7. The zero-order valence-electron chi connectivity index (χ0n) is 13.3. The second-order valence-corrected chi connectivity index (χ2v) is 9.00. The van der Waals surface area contributed by atoms with Gasteiger partial charge in [0.1, 0.15) is 5.78 Å². The molecule has 4 aliphatic carbocycles. The van der Waals surface area contributed by atoms with Crippen molar-refractivity contribution in [1.29, 1.82) is 0 Å². The Kier molecular flexibility index (Phi) is 3.15. The maximum atomic E-state index is 12.4. The summed E-state index contributed by atoms with van der Waals surface area (Å²) in [5.74, 6) is 2.39. The van der Waals surface area contributed by atoms with E-state index in [0.717, 1.165) is 43.0 Å².